The normalized spacial score (nSPS) is 27.7. The molecule has 2 aliphatic rings. The Morgan fingerprint density at radius 2 is 1.08 bits per heavy atom. The van der Waals surface area contributed by atoms with Crippen LogP contribution in [0.1, 0.15) is 168 Å². The van der Waals surface area contributed by atoms with E-state index in [-0.39, 0.29) is 18.9 Å². The highest BCUT2D eigenvalue weighted by Crippen LogP contribution is 2.30. The smallest absolute Gasteiger partial charge is 0.220 e. The number of aliphatic hydroxyl groups excluding tert-OH is 8. The van der Waals surface area contributed by atoms with Crippen molar-refractivity contribution in [3.8, 4) is 0 Å². The molecule has 2 heterocycles. The van der Waals surface area contributed by atoms with E-state index in [0.29, 0.717) is 12.8 Å². The fraction of sp³-hybridized carbons (Fsp3) is 0.820. The van der Waals surface area contributed by atoms with Crippen molar-refractivity contribution in [1.82, 2.24) is 5.32 Å². The van der Waals surface area contributed by atoms with Crippen LogP contribution in [0.5, 0.6) is 0 Å². The monoisotopic (exact) mass is 912 g/mol. The van der Waals surface area contributed by atoms with Gasteiger partial charge in [0.1, 0.15) is 48.8 Å². The minimum atomic E-state index is -1.79. The number of carbonyl (C=O) groups excluding carboxylic acids is 1. The van der Waals surface area contributed by atoms with E-state index >= 15 is 0 Å². The maximum Gasteiger partial charge on any atom is 0.220 e. The van der Waals surface area contributed by atoms with Crippen LogP contribution in [0.15, 0.2) is 48.6 Å². The van der Waals surface area contributed by atoms with Gasteiger partial charge in [-0.1, -0.05) is 159 Å². The van der Waals surface area contributed by atoms with Gasteiger partial charge in [-0.3, -0.25) is 4.79 Å². The summed E-state index contributed by atoms with van der Waals surface area (Å²) >= 11 is 0. The van der Waals surface area contributed by atoms with Crippen LogP contribution in [0.25, 0.3) is 0 Å². The molecule has 0 bridgehead atoms. The van der Waals surface area contributed by atoms with Gasteiger partial charge in [0.05, 0.1) is 32.0 Å². The fourth-order valence-electron chi connectivity index (χ4n) is 7.99. The number of hydrogen-bond donors (Lipinski definition) is 9. The molecule has 0 aromatic heterocycles. The van der Waals surface area contributed by atoms with Crippen LogP contribution in [0.2, 0.25) is 0 Å². The molecule has 0 saturated carbocycles. The predicted octanol–water partition coefficient (Wildman–Crippen LogP) is 6.10. The van der Waals surface area contributed by atoms with Crippen molar-refractivity contribution in [2.75, 3.05) is 19.8 Å². The van der Waals surface area contributed by atoms with Crippen molar-refractivity contribution in [2.45, 2.75) is 242 Å². The van der Waals surface area contributed by atoms with Crippen LogP contribution in [-0.2, 0) is 23.7 Å². The van der Waals surface area contributed by atoms with E-state index < -0.39 is 86.8 Å². The van der Waals surface area contributed by atoms with E-state index in [0.717, 1.165) is 64.2 Å². The highest BCUT2D eigenvalue weighted by atomic mass is 16.7. The molecule has 14 heteroatoms. The van der Waals surface area contributed by atoms with Gasteiger partial charge in [0, 0.05) is 6.42 Å². The molecule has 2 fully saturated rings. The molecule has 2 saturated heterocycles. The Hall–Kier alpha value is -2.05. The number of hydrogen-bond acceptors (Lipinski definition) is 13. The first-order valence-electron chi connectivity index (χ1n) is 24.9. The third kappa shape index (κ3) is 24.1. The molecule has 0 aliphatic carbocycles. The van der Waals surface area contributed by atoms with E-state index in [1.54, 1.807) is 0 Å². The quantitative estimate of drug-likeness (QED) is 0.0254. The van der Waals surface area contributed by atoms with E-state index in [1.807, 2.05) is 0 Å². The Morgan fingerprint density at radius 3 is 1.62 bits per heavy atom. The minimum Gasteiger partial charge on any atom is -0.394 e. The Bertz CT molecular complexity index is 1260. The van der Waals surface area contributed by atoms with Gasteiger partial charge in [-0.15, -0.1) is 0 Å². The maximum absolute atomic E-state index is 13.2. The van der Waals surface area contributed by atoms with Crippen molar-refractivity contribution in [2.24, 2.45) is 0 Å². The molecule has 12 atom stereocenters. The van der Waals surface area contributed by atoms with Gasteiger partial charge in [-0.25, -0.2) is 0 Å². The van der Waals surface area contributed by atoms with Gasteiger partial charge in [0.2, 0.25) is 5.91 Å². The lowest BCUT2D eigenvalue weighted by atomic mass is 9.97. The Labute approximate surface area is 384 Å². The largest absolute Gasteiger partial charge is 0.394 e. The number of carbonyl (C=O) groups is 1. The van der Waals surface area contributed by atoms with Gasteiger partial charge in [0.15, 0.2) is 12.6 Å². The van der Waals surface area contributed by atoms with Crippen LogP contribution in [-0.4, -0.2) is 140 Å². The zero-order chi connectivity index (χ0) is 46.8. The average Bonchev–Trinajstić information content (AvgIpc) is 3.29. The number of aliphatic hydroxyl groups is 8. The van der Waals surface area contributed by atoms with Crippen molar-refractivity contribution in [1.29, 1.82) is 0 Å². The van der Waals surface area contributed by atoms with Crippen LogP contribution in [0.3, 0.4) is 0 Å². The average molecular weight is 912 g/mol. The molecule has 0 aromatic rings. The Balaban J connectivity index is 1.87. The van der Waals surface area contributed by atoms with E-state index in [1.165, 1.54) is 70.6 Å². The molecule has 0 spiro atoms. The Morgan fingerprint density at radius 1 is 0.578 bits per heavy atom. The highest BCUT2D eigenvalue weighted by molar-refractivity contribution is 5.76. The summed E-state index contributed by atoms with van der Waals surface area (Å²) in [5, 5.41) is 86.8. The summed E-state index contributed by atoms with van der Waals surface area (Å²) in [6, 6.07) is -0.850. The lowest BCUT2D eigenvalue weighted by Gasteiger charge is -2.46. The summed E-state index contributed by atoms with van der Waals surface area (Å²) in [6.07, 6.45) is 25.4. The van der Waals surface area contributed by atoms with E-state index in [2.05, 4.69) is 67.8 Å². The third-order valence-electron chi connectivity index (χ3n) is 12.1. The summed E-state index contributed by atoms with van der Waals surface area (Å²) in [5.74, 6) is -0.249. The number of rotatable bonds is 37. The summed E-state index contributed by atoms with van der Waals surface area (Å²) in [7, 11) is 0. The standard InChI is InChI=1S/C50H89NO13/c1-3-5-7-9-11-13-15-17-19-21-23-25-27-29-31-33-39(54)38(51-42(55)34-32-30-28-26-24-22-20-18-16-14-12-10-8-6-4-2)37-61-49-47(60)45(58)48(41(36-53)63-49)64-50-46(59)44(57)43(56)40(35-52)62-50/h6,8,12,14,18,20,24,26,38-41,43-50,52-54,56-60H,3-5,7,9-11,13,15-17,19,21-23,25,27-37H2,1-2H3,(H,51,55)/b8-6-,14-12-,20-18-,26-24-. The molecule has 2 aliphatic heterocycles. The molecule has 12 unspecified atom stereocenters. The third-order valence-corrected chi connectivity index (χ3v) is 12.1. The molecule has 0 radical (unpaired) electrons. The van der Waals surface area contributed by atoms with E-state index in [4.69, 9.17) is 18.9 Å². The lowest BCUT2D eigenvalue weighted by molar-refractivity contribution is -0.359. The van der Waals surface area contributed by atoms with Gasteiger partial charge < -0.3 is 65.1 Å². The van der Waals surface area contributed by atoms with E-state index in [9.17, 15) is 45.6 Å². The number of nitrogens with one attached hydrogen (secondary N) is 1. The molecule has 9 N–H and O–H groups in total. The van der Waals surface area contributed by atoms with Crippen LogP contribution in [0, 0.1) is 0 Å². The second kappa shape index (κ2) is 37.0. The molecule has 64 heavy (non-hydrogen) atoms. The molecule has 1 amide bonds. The molecule has 14 nitrogen and oxygen atoms in total. The first-order valence-corrected chi connectivity index (χ1v) is 24.9. The molecule has 0 aromatic carbocycles. The fourth-order valence-corrected chi connectivity index (χ4v) is 7.99. The zero-order valence-corrected chi connectivity index (χ0v) is 39.3. The Kier molecular flexibility index (Phi) is 33.6. The second-order valence-corrected chi connectivity index (χ2v) is 17.6. The van der Waals surface area contributed by atoms with Gasteiger partial charge in [-0.05, 0) is 51.4 Å². The summed E-state index contributed by atoms with van der Waals surface area (Å²) in [4.78, 5) is 13.2. The first-order chi connectivity index (χ1) is 31.1. The van der Waals surface area contributed by atoms with Crippen LogP contribution < -0.4 is 5.32 Å². The van der Waals surface area contributed by atoms with Gasteiger partial charge >= 0.3 is 0 Å². The van der Waals surface area contributed by atoms with Gasteiger partial charge in [0.25, 0.3) is 0 Å². The zero-order valence-electron chi connectivity index (χ0n) is 39.3. The van der Waals surface area contributed by atoms with Crippen molar-refractivity contribution in [3.63, 3.8) is 0 Å². The van der Waals surface area contributed by atoms with Crippen LogP contribution in [0.4, 0.5) is 0 Å². The molecular formula is C50H89NO13. The molecule has 372 valence electrons. The summed E-state index contributed by atoms with van der Waals surface area (Å²) < 4.78 is 22.7. The molecule has 2 rings (SSSR count). The topological polar surface area (TPSA) is 228 Å². The first kappa shape index (κ1) is 58.1. The van der Waals surface area contributed by atoms with Crippen molar-refractivity contribution >= 4 is 5.91 Å². The number of ether oxygens (including phenoxy) is 4. The SMILES string of the molecule is CC/C=C\C/C=C\C/C=C\C/C=C\CCCCC(=O)NC(COC1OC(CO)C(OC2OC(CO)C(O)C(O)C2O)C(O)C1O)C(O)CCCCCCCCCCCCCCCCC. The lowest BCUT2D eigenvalue weighted by Crippen LogP contribution is -2.65. The maximum atomic E-state index is 13.2. The number of unbranched alkanes of at least 4 members (excludes halogenated alkanes) is 16. The number of amides is 1. The highest BCUT2D eigenvalue weighted by Gasteiger charge is 2.51. The van der Waals surface area contributed by atoms with Crippen molar-refractivity contribution < 1.29 is 64.6 Å². The second-order valence-electron chi connectivity index (χ2n) is 17.6. The minimum absolute atomic E-state index is 0.249. The number of allylic oxidation sites excluding steroid dienone is 8. The predicted molar refractivity (Wildman–Crippen MR) is 249 cm³/mol. The summed E-state index contributed by atoms with van der Waals surface area (Å²) in [6.45, 7) is 2.69. The molecular weight excluding hydrogens is 823 g/mol. The van der Waals surface area contributed by atoms with Crippen LogP contribution >= 0.6 is 0 Å². The van der Waals surface area contributed by atoms with Crippen molar-refractivity contribution in [3.05, 3.63) is 48.6 Å². The summed E-state index contributed by atoms with van der Waals surface area (Å²) in [5.41, 5.74) is 0. The van der Waals surface area contributed by atoms with Gasteiger partial charge in [-0.2, -0.15) is 0 Å².